The quantitative estimate of drug-likeness (QED) is 0.623. The first kappa shape index (κ1) is 13.9. The summed E-state index contributed by atoms with van der Waals surface area (Å²) in [7, 11) is 0. The molecule has 0 aliphatic rings. The fourth-order valence-electron chi connectivity index (χ4n) is 1.64. The Balaban J connectivity index is 1.97. The number of ether oxygens (including phenoxy) is 1. The molecule has 1 N–H and O–H groups in total. The van der Waals surface area contributed by atoms with Crippen LogP contribution in [0.4, 0.5) is 0 Å². The van der Waals surface area contributed by atoms with E-state index in [1.165, 1.54) is 19.2 Å². The van der Waals surface area contributed by atoms with Crippen molar-refractivity contribution < 1.29 is 14.3 Å². The van der Waals surface area contributed by atoms with Gasteiger partial charge in [0.05, 0.1) is 0 Å². The monoisotopic (exact) mass is 277 g/mol. The molecule has 2 aromatic rings. The number of carbonyl (C=O) groups is 2. The van der Waals surface area contributed by atoms with Crippen molar-refractivity contribution in [2.24, 2.45) is 0 Å². The van der Waals surface area contributed by atoms with Gasteiger partial charge in [-0.25, -0.2) is 9.48 Å². The topological polar surface area (TPSA) is 103 Å². The molecule has 0 fully saturated rings. The SMILES string of the molecule is CCCn1nnnc1COC(=O)c1cc(C(C)=O)c[nH]1. The number of carbonyl (C=O) groups excluding carboxylic acids is 2. The highest BCUT2D eigenvalue weighted by molar-refractivity contribution is 5.97. The third kappa shape index (κ3) is 3.08. The van der Waals surface area contributed by atoms with Crippen molar-refractivity contribution in [3.8, 4) is 0 Å². The van der Waals surface area contributed by atoms with E-state index in [4.69, 9.17) is 4.74 Å². The first-order valence-corrected chi connectivity index (χ1v) is 6.23. The number of Topliss-reactive ketones (excluding diaryl/α,β-unsaturated/α-hetero) is 1. The average molecular weight is 277 g/mol. The van der Waals surface area contributed by atoms with E-state index in [0.717, 1.165) is 6.42 Å². The summed E-state index contributed by atoms with van der Waals surface area (Å²) in [5.41, 5.74) is 0.664. The molecule has 0 aliphatic heterocycles. The molecule has 20 heavy (non-hydrogen) atoms. The number of nitrogens with one attached hydrogen (secondary N) is 1. The third-order valence-electron chi connectivity index (χ3n) is 2.68. The Bertz CT molecular complexity index is 616. The van der Waals surface area contributed by atoms with Crippen LogP contribution >= 0.6 is 0 Å². The van der Waals surface area contributed by atoms with Crippen molar-refractivity contribution in [2.45, 2.75) is 33.4 Å². The maximum atomic E-state index is 11.8. The van der Waals surface area contributed by atoms with Crippen molar-refractivity contribution in [2.75, 3.05) is 0 Å². The normalized spacial score (nSPS) is 10.5. The van der Waals surface area contributed by atoms with E-state index in [1.807, 2.05) is 6.92 Å². The number of aromatic nitrogens is 5. The maximum Gasteiger partial charge on any atom is 0.355 e. The molecular weight excluding hydrogens is 262 g/mol. The summed E-state index contributed by atoms with van der Waals surface area (Å²) in [4.78, 5) is 25.6. The van der Waals surface area contributed by atoms with Gasteiger partial charge in [0.15, 0.2) is 18.2 Å². The zero-order valence-electron chi connectivity index (χ0n) is 11.3. The zero-order valence-corrected chi connectivity index (χ0v) is 11.3. The Hall–Kier alpha value is -2.51. The molecule has 0 unspecified atom stereocenters. The molecular formula is C12H15N5O3. The number of rotatable bonds is 6. The van der Waals surface area contributed by atoms with E-state index in [2.05, 4.69) is 20.5 Å². The van der Waals surface area contributed by atoms with Gasteiger partial charge in [-0.3, -0.25) is 4.79 Å². The largest absolute Gasteiger partial charge is 0.453 e. The van der Waals surface area contributed by atoms with E-state index in [0.29, 0.717) is 17.9 Å². The molecule has 2 aromatic heterocycles. The molecule has 2 heterocycles. The molecule has 0 spiro atoms. The minimum absolute atomic E-state index is 0.0136. The fourth-order valence-corrected chi connectivity index (χ4v) is 1.64. The van der Waals surface area contributed by atoms with Gasteiger partial charge in [-0.15, -0.1) is 5.10 Å². The lowest BCUT2D eigenvalue weighted by molar-refractivity contribution is 0.0450. The van der Waals surface area contributed by atoms with E-state index >= 15 is 0 Å². The fraction of sp³-hybridized carbons (Fsp3) is 0.417. The van der Waals surface area contributed by atoms with Gasteiger partial charge in [0.2, 0.25) is 0 Å². The van der Waals surface area contributed by atoms with Crippen molar-refractivity contribution in [3.05, 3.63) is 29.3 Å². The third-order valence-corrected chi connectivity index (χ3v) is 2.68. The lowest BCUT2D eigenvalue weighted by atomic mass is 10.2. The van der Waals surface area contributed by atoms with Gasteiger partial charge in [-0.1, -0.05) is 6.92 Å². The number of nitrogens with zero attached hydrogens (tertiary/aromatic N) is 4. The van der Waals surface area contributed by atoms with Crippen molar-refractivity contribution in [1.82, 2.24) is 25.2 Å². The summed E-state index contributed by atoms with van der Waals surface area (Å²) >= 11 is 0. The maximum absolute atomic E-state index is 11.8. The molecule has 0 aliphatic carbocycles. The van der Waals surface area contributed by atoms with Crippen LogP contribution in [0.25, 0.3) is 0 Å². The van der Waals surface area contributed by atoms with E-state index in [9.17, 15) is 9.59 Å². The zero-order chi connectivity index (χ0) is 14.5. The Morgan fingerprint density at radius 2 is 2.25 bits per heavy atom. The van der Waals surface area contributed by atoms with Gasteiger partial charge in [0.1, 0.15) is 5.69 Å². The molecule has 0 saturated heterocycles. The molecule has 0 atom stereocenters. The van der Waals surface area contributed by atoms with Crippen molar-refractivity contribution in [1.29, 1.82) is 0 Å². The number of hydrogen-bond acceptors (Lipinski definition) is 6. The highest BCUT2D eigenvalue weighted by Crippen LogP contribution is 2.07. The van der Waals surface area contributed by atoms with Crippen molar-refractivity contribution >= 4 is 11.8 Å². The molecule has 0 bridgehead atoms. The van der Waals surface area contributed by atoms with Gasteiger partial charge in [0.25, 0.3) is 0 Å². The Kier molecular flexibility index (Phi) is 4.24. The molecule has 8 nitrogen and oxygen atoms in total. The van der Waals surface area contributed by atoms with Crippen molar-refractivity contribution in [3.63, 3.8) is 0 Å². The van der Waals surface area contributed by atoms with Gasteiger partial charge < -0.3 is 9.72 Å². The number of H-pyrrole nitrogens is 1. The second kappa shape index (κ2) is 6.09. The Labute approximate surface area is 115 Å². The van der Waals surface area contributed by atoms with Crippen LogP contribution in [0.2, 0.25) is 0 Å². The number of ketones is 1. The first-order valence-electron chi connectivity index (χ1n) is 6.23. The van der Waals surface area contributed by atoms with Crippen LogP contribution in [-0.4, -0.2) is 36.9 Å². The van der Waals surface area contributed by atoms with Gasteiger partial charge in [-0.2, -0.15) is 0 Å². The second-order valence-electron chi connectivity index (χ2n) is 4.25. The molecule has 2 rings (SSSR count). The summed E-state index contributed by atoms with van der Waals surface area (Å²) in [5.74, 6) is -0.186. The highest BCUT2D eigenvalue weighted by atomic mass is 16.5. The Morgan fingerprint density at radius 3 is 2.90 bits per heavy atom. The number of aromatic amines is 1. The predicted octanol–water partition coefficient (Wildman–Crippen LogP) is 0.971. The lowest BCUT2D eigenvalue weighted by Crippen LogP contribution is -2.11. The van der Waals surface area contributed by atoms with E-state index in [1.54, 1.807) is 4.68 Å². The van der Waals surface area contributed by atoms with Crippen LogP contribution in [0.5, 0.6) is 0 Å². The molecule has 8 heteroatoms. The van der Waals surface area contributed by atoms with Gasteiger partial charge >= 0.3 is 5.97 Å². The van der Waals surface area contributed by atoms with E-state index < -0.39 is 5.97 Å². The van der Waals surface area contributed by atoms with Crippen LogP contribution < -0.4 is 0 Å². The van der Waals surface area contributed by atoms with Gasteiger partial charge in [-0.05, 0) is 29.8 Å². The first-order chi connectivity index (χ1) is 9.61. The lowest BCUT2D eigenvalue weighted by Gasteiger charge is -2.03. The predicted molar refractivity (Wildman–Crippen MR) is 68.0 cm³/mol. The minimum Gasteiger partial charge on any atom is -0.453 e. The second-order valence-corrected chi connectivity index (χ2v) is 4.25. The smallest absolute Gasteiger partial charge is 0.355 e. The van der Waals surface area contributed by atoms with Gasteiger partial charge in [0, 0.05) is 18.3 Å². The summed E-state index contributed by atoms with van der Waals surface area (Å²) in [6.07, 6.45) is 2.35. The van der Waals surface area contributed by atoms with Crippen LogP contribution in [0.15, 0.2) is 12.3 Å². The van der Waals surface area contributed by atoms with Crippen LogP contribution in [0.3, 0.4) is 0 Å². The number of esters is 1. The van der Waals surface area contributed by atoms with Crippen LogP contribution in [0.1, 0.15) is 46.9 Å². The summed E-state index contributed by atoms with van der Waals surface area (Å²) < 4.78 is 6.69. The molecule has 106 valence electrons. The number of aryl methyl sites for hydroxylation is 1. The molecule has 0 saturated carbocycles. The Morgan fingerprint density at radius 1 is 1.45 bits per heavy atom. The summed E-state index contributed by atoms with van der Waals surface area (Å²) in [6, 6.07) is 1.46. The summed E-state index contributed by atoms with van der Waals surface area (Å²) in [6.45, 7) is 4.08. The number of hydrogen-bond donors (Lipinski definition) is 1. The minimum atomic E-state index is -0.552. The standard InChI is InChI=1S/C12H15N5O3/c1-3-4-17-11(14-15-16-17)7-20-12(19)10-5-9(6-13-10)8(2)18/h5-6,13H,3-4,7H2,1-2H3. The molecule has 0 aromatic carbocycles. The van der Waals surface area contributed by atoms with Crippen LogP contribution in [-0.2, 0) is 17.9 Å². The average Bonchev–Trinajstić information content (AvgIpc) is 3.05. The molecule has 0 radical (unpaired) electrons. The highest BCUT2D eigenvalue weighted by Gasteiger charge is 2.14. The van der Waals surface area contributed by atoms with E-state index in [-0.39, 0.29) is 18.1 Å². The molecule has 0 amide bonds. The number of tetrazole rings is 1. The summed E-state index contributed by atoms with van der Waals surface area (Å²) in [5, 5.41) is 11.1. The van der Waals surface area contributed by atoms with Crippen LogP contribution in [0, 0.1) is 0 Å².